The van der Waals surface area contributed by atoms with Gasteiger partial charge in [0.25, 0.3) is 5.56 Å². The van der Waals surface area contributed by atoms with E-state index in [2.05, 4.69) is 22.0 Å². The number of nitrogens with zero attached hydrogens (tertiary/aromatic N) is 1. The molecule has 1 aromatic carbocycles. The highest BCUT2D eigenvalue weighted by Gasteiger charge is 2.18. The van der Waals surface area contributed by atoms with Crippen LogP contribution in [0.3, 0.4) is 0 Å². The van der Waals surface area contributed by atoms with E-state index in [1.807, 2.05) is 6.07 Å². The minimum absolute atomic E-state index is 0.172. The summed E-state index contributed by atoms with van der Waals surface area (Å²) in [6.45, 7) is 1.16. The molecular weight excluding hydrogens is 308 g/mol. The zero-order valence-corrected chi connectivity index (χ0v) is 11.8. The molecule has 0 unspecified atom stereocenters. The number of aromatic nitrogens is 1. The molecule has 2 heterocycles. The molecule has 0 spiro atoms. The van der Waals surface area contributed by atoms with Crippen LogP contribution in [-0.4, -0.2) is 11.2 Å². The van der Waals surface area contributed by atoms with Crippen LogP contribution < -0.4 is 16.0 Å². The van der Waals surface area contributed by atoms with Crippen LogP contribution in [-0.2, 0) is 13.0 Å². The Morgan fingerprint density at radius 1 is 1.42 bits per heavy atom. The second-order valence-corrected chi connectivity index (χ2v) is 5.46. The highest BCUT2D eigenvalue weighted by Crippen LogP contribution is 2.33. The highest BCUT2D eigenvalue weighted by atomic mass is 79.9. The molecule has 1 aliphatic rings. The van der Waals surface area contributed by atoms with Crippen LogP contribution in [0.15, 0.2) is 39.7 Å². The SMILES string of the molecule is Nc1cccn(Cc2cc(Br)cc3c2OCC3)c1=O. The third-order valence-electron chi connectivity index (χ3n) is 3.22. The van der Waals surface area contributed by atoms with Crippen molar-refractivity contribution in [3.63, 3.8) is 0 Å². The molecule has 0 fully saturated rings. The molecule has 1 aromatic heterocycles. The minimum Gasteiger partial charge on any atom is -0.493 e. The molecule has 19 heavy (non-hydrogen) atoms. The Labute approximate surface area is 118 Å². The van der Waals surface area contributed by atoms with E-state index in [1.54, 1.807) is 22.9 Å². The van der Waals surface area contributed by atoms with Gasteiger partial charge in [-0.3, -0.25) is 4.79 Å². The summed E-state index contributed by atoms with van der Waals surface area (Å²) in [6.07, 6.45) is 2.65. The molecular formula is C14H13BrN2O2. The van der Waals surface area contributed by atoms with E-state index in [0.717, 1.165) is 22.2 Å². The molecule has 4 nitrogen and oxygen atoms in total. The van der Waals surface area contributed by atoms with Gasteiger partial charge in [0, 0.05) is 22.7 Å². The molecule has 5 heteroatoms. The Balaban J connectivity index is 2.05. The number of hydrogen-bond acceptors (Lipinski definition) is 3. The van der Waals surface area contributed by atoms with Crippen LogP contribution in [0.5, 0.6) is 5.75 Å². The maximum absolute atomic E-state index is 11.9. The fraction of sp³-hybridized carbons (Fsp3) is 0.214. The lowest BCUT2D eigenvalue weighted by Crippen LogP contribution is -2.22. The second-order valence-electron chi connectivity index (χ2n) is 4.55. The zero-order valence-electron chi connectivity index (χ0n) is 10.2. The Morgan fingerprint density at radius 3 is 3.11 bits per heavy atom. The maximum atomic E-state index is 11.9. The summed E-state index contributed by atoms with van der Waals surface area (Å²) in [5.41, 5.74) is 7.91. The number of nitrogen functional groups attached to an aromatic ring is 1. The van der Waals surface area contributed by atoms with Crippen molar-refractivity contribution in [2.75, 3.05) is 12.3 Å². The normalized spacial score (nSPS) is 13.1. The van der Waals surface area contributed by atoms with Crippen molar-refractivity contribution in [1.29, 1.82) is 0 Å². The van der Waals surface area contributed by atoms with Crippen LogP contribution in [0.1, 0.15) is 11.1 Å². The largest absolute Gasteiger partial charge is 0.493 e. The molecule has 0 bridgehead atoms. The molecule has 0 atom stereocenters. The highest BCUT2D eigenvalue weighted by molar-refractivity contribution is 9.10. The van der Waals surface area contributed by atoms with Gasteiger partial charge < -0.3 is 15.0 Å². The molecule has 0 aliphatic carbocycles. The molecule has 0 saturated heterocycles. The molecule has 3 rings (SSSR count). The molecule has 0 radical (unpaired) electrons. The third kappa shape index (κ3) is 2.26. The number of hydrogen-bond donors (Lipinski definition) is 1. The first kappa shape index (κ1) is 12.3. The van der Waals surface area contributed by atoms with E-state index < -0.39 is 0 Å². The van der Waals surface area contributed by atoms with Crippen molar-refractivity contribution in [1.82, 2.24) is 4.57 Å². The first-order valence-corrected chi connectivity index (χ1v) is 6.83. The standard InChI is InChI=1S/C14H13BrN2O2/c15-11-6-9-3-5-19-13(9)10(7-11)8-17-4-1-2-12(16)14(17)18/h1-2,4,6-7H,3,5,8,16H2. The summed E-state index contributed by atoms with van der Waals surface area (Å²) in [5, 5.41) is 0. The maximum Gasteiger partial charge on any atom is 0.273 e. The summed E-state index contributed by atoms with van der Waals surface area (Å²) in [5.74, 6) is 0.900. The minimum atomic E-state index is -0.172. The first-order chi connectivity index (χ1) is 9.15. The van der Waals surface area contributed by atoms with Crippen molar-refractivity contribution in [2.45, 2.75) is 13.0 Å². The summed E-state index contributed by atoms with van der Waals surface area (Å²) in [7, 11) is 0. The van der Waals surface area contributed by atoms with Gasteiger partial charge in [0.05, 0.1) is 18.8 Å². The average Bonchev–Trinajstić information content (AvgIpc) is 2.83. The summed E-state index contributed by atoms with van der Waals surface area (Å²) >= 11 is 3.49. The van der Waals surface area contributed by atoms with E-state index in [4.69, 9.17) is 10.5 Å². The molecule has 1 aliphatic heterocycles. The smallest absolute Gasteiger partial charge is 0.273 e. The number of fused-ring (bicyclic) bond motifs is 1. The number of benzene rings is 1. The van der Waals surface area contributed by atoms with E-state index >= 15 is 0 Å². The van der Waals surface area contributed by atoms with Crippen LogP contribution in [0.2, 0.25) is 0 Å². The van der Waals surface area contributed by atoms with Crippen LogP contribution >= 0.6 is 15.9 Å². The fourth-order valence-corrected chi connectivity index (χ4v) is 2.88. The van der Waals surface area contributed by atoms with Gasteiger partial charge in [-0.2, -0.15) is 0 Å². The number of pyridine rings is 1. The lowest BCUT2D eigenvalue weighted by Gasteiger charge is -2.11. The lowest BCUT2D eigenvalue weighted by molar-refractivity contribution is 0.352. The number of anilines is 1. The van der Waals surface area contributed by atoms with Crippen LogP contribution in [0.25, 0.3) is 0 Å². The Hall–Kier alpha value is -1.75. The average molecular weight is 321 g/mol. The van der Waals surface area contributed by atoms with E-state index in [0.29, 0.717) is 13.2 Å². The Bertz CT molecular complexity index is 694. The van der Waals surface area contributed by atoms with Gasteiger partial charge in [-0.05, 0) is 29.8 Å². The summed E-state index contributed by atoms with van der Waals surface area (Å²) in [6, 6.07) is 7.43. The van der Waals surface area contributed by atoms with E-state index in [9.17, 15) is 4.79 Å². The first-order valence-electron chi connectivity index (χ1n) is 6.04. The van der Waals surface area contributed by atoms with E-state index in [-0.39, 0.29) is 11.2 Å². The quantitative estimate of drug-likeness (QED) is 0.922. The Morgan fingerprint density at radius 2 is 2.26 bits per heavy atom. The number of ether oxygens (including phenoxy) is 1. The van der Waals surface area contributed by atoms with Crippen molar-refractivity contribution < 1.29 is 4.74 Å². The van der Waals surface area contributed by atoms with Crippen molar-refractivity contribution >= 4 is 21.6 Å². The Kier molecular flexibility index (Phi) is 3.06. The monoisotopic (exact) mass is 320 g/mol. The third-order valence-corrected chi connectivity index (χ3v) is 3.67. The number of rotatable bonds is 2. The van der Waals surface area contributed by atoms with Gasteiger partial charge in [-0.1, -0.05) is 15.9 Å². The topological polar surface area (TPSA) is 57.2 Å². The van der Waals surface area contributed by atoms with Crippen LogP contribution in [0.4, 0.5) is 5.69 Å². The van der Waals surface area contributed by atoms with Crippen LogP contribution in [0, 0.1) is 0 Å². The summed E-state index contributed by atoms with van der Waals surface area (Å²) in [4.78, 5) is 11.9. The van der Waals surface area contributed by atoms with Crippen molar-refractivity contribution in [3.8, 4) is 5.75 Å². The number of halogens is 1. The lowest BCUT2D eigenvalue weighted by atomic mass is 10.1. The fourth-order valence-electron chi connectivity index (χ4n) is 2.33. The predicted octanol–water partition coefficient (Wildman–Crippen LogP) is 2.18. The predicted molar refractivity (Wildman–Crippen MR) is 77.6 cm³/mol. The molecule has 2 N–H and O–H groups in total. The summed E-state index contributed by atoms with van der Waals surface area (Å²) < 4.78 is 8.26. The zero-order chi connectivity index (χ0) is 13.4. The molecule has 2 aromatic rings. The molecule has 0 saturated carbocycles. The second kappa shape index (κ2) is 4.74. The molecule has 98 valence electrons. The number of nitrogens with two attached hydrogens (primary N) is 1. The van der Waals surface area contributed by atoms with Gasteiger partial charge in [-0.15, -0.1) is 0 Å². The van der Waals surface area contributed by atoms with Gasteiger partial charge in [0.15, 0.2) is 0 Å². The molecule has 0 amide bonds. The van der Waals surface area contributed by atoms with Gasteiger partial charge in [0.2, 0.25) is 0 Å². The van der Waals surface area contributed by atoms with E-state index in [1.165, 1.54) is 5.56 Å². The van der Waals surface area contributed by atoms with Crippen molar-refractivity contribution in [2.24, 2.45) is 0 Å². The van der Waals surface area contributed by atoms with Gasteiger partial charge in [0.1, 0.15) is 5.75 Å². The van der Waals surface area contributed by atoms with Crippen molar-refractivity contribution in [3.05, 3.63) is 56.4 Å². The van der Waals surface area contributed by atoms with Gasteiger partial charge in [-0.25, -0.2) is 0 Å². The van der Waals surface area contributed by atoms with Gasteiger partial charge >= 0.3 is 0 Å².